The molecule has 3 atom stereocenters. The summed E-state index contributed by atoms with van der Waals surface area (Å²) in [6, 6.07) is 18.9. The van der Waals surface area contributed by atoms with Crippen LogP contribution < -0.4 is 0 Å². The van der Waals surface area contributed by atoms with Crippen molar-refractivity contribution in [1.82, 2.24) is 29.4 Å². The number of carbonyl (C=O) groups excluding carboxylic acids is 8. The van der Waals surface area contributed by atoms with Gasteiger partial charge in [0.1, 0.15) is 26.2 Å². The van der Waals surface area contributed by atoms with E-state index in [1.165, 1.54) is 42.0 Å². The quantitative estimate of drug-likeness (QED) is 0.253. The van der Waals surface area contributed by atoms with Crippen molar-refractivity contribution in [3.63, 3.8) is 0 Å². The van der Waals surface area contributed by atoms with Crippen LogP contribution in [0.3, 0.4) is 0 Å². The minimum absolute atomic E-state index is 0.116. The molecule has 57 heavy (non-hydrogen) atoms. The number of likely N-dealkylation sites (N-methyl/N-ethyl adjacent to an activating group) is 4. The number of rotatable bonds is 5. The second-order valence-electron chi connectivity index (χ2n) is 13.5. The molecular formula is C39H46N6O12. The van der Waals surface area contributed by atoms with Crippen LogP contribution in [0.1, 0.15) is 25.0 Å². The van der Waals surface area contributed by atoms with Crippen LogP contribution >= 0.6 is 0 Å². The number of aromatic nitrogens is 2. The molecule has 18 nitrogen and oxygen atoms in total. The third-order valence-electron chi connectivity index (χ3n) is 8.80. The molecule has 0 aliphatic carbocycles. The van der Waals surface area contributed by atoms with Gasteiger partial charge in [-0.3, -0.25) is 43.0 Å². The Hall–Kier alpha value is -6.59. The highest BCUT2D eigenvalue weighted by Gasteiger charge is 2.32. The number of esters is 4. The molecule has 2 aromatic carbocycles. The van der Waals surface area contributed by atoms with Crippen LogP contribution in [-0.2, 0) is 70.3 Å². The predicted molar refractivity (Wildman–Crippen MR) is 199 cm³/mol. The van der Waals surface area contributed by atoms with Crippen molar-refractivity contribution < 1.29 is 57.3 Å². The monoisotopic (exact) mass is 790 g/mol. The topological polar surface area (TPSA) is 204 Å². The Balaban J connectivity index is 1.53. The molecule has 304 valence electrons. The average molecular weight is 791 g/mol. The molecular weight excluding hydrogens is 744 g/mol. The van der Waals surface area contributed by atoms with E-state index in [1.54, 1.807) is 18.3 Å². The molecule has 0 radical (unpaired) electrons. The van der Waals surface area contributed by atoms with Crippen LogP contribution in [0.5, 0.6) is 0 Å². The van der Waals surface area contributed by atoms with Crippen LogP contribution in [0.15, 0.2) is 66.9 Å². The molecule has 3 unspecified atom stereocenters. The normalized spacial score (nSPS) is 20.8. The molecule has 4 rings (SSSR count). The van der Waals surface area contributed by atoms with E-state index >= 15 is 0 Å². The van der Waals surface area contributed by atoms with Crippen LogP contribution in [-0.4, -0.2) is 156 Å². The minimum Gasteiger partial charge on any atom is -0.454 e. The molecule has 3 aromatic rings. The van der Waals surface area contributed by atoms with Crippen molar-refractivity contribution in [2.75, 3.05) is 61.0 Å². The number of benzene rings is 2. The third kappa shape index (κ3) is 12.5. The molecule has 1 aromatic heterocycles. The third-order valence-corrected chi connectivity index (χ3v) is 8.80. The molecule has 0 spiro atoms. The number of ether oxygens (including phenoxy) is 4. The standard InChI is InChI=1S/C39H46N6O12/c1-25-37(51)42(4)20-33(47)54-24-32(46)41(3)21-34(48)55-26(2)38(52)43(5)23-36(50)57-31(39(53)44(6)22-35(49)56-25)18-27-12-14-28(15-13-27)19-45-30(16-17-40-45)29-10-8-7-9-11-29/h7-17,25-26,31H,18-24H2,1-6H3. The lowest BCUT2D eigenvalue weighted by Gasteiger charge is -2.26. The lowest BCUT2D eigenvalue weighted by atomic mass is 10.0. The van der Waals surface area contributed by atoms with E-state index < -0.39 is 98.6 Å². The highest BCUT2D eigenvalue weighted by Crippen LogP contribution is 2.20. The predicted octanol–water partition coefficient (Wildman–Crippen LogP) is 0.307. The van der Waals surface area contributed by atoms with Crippen LogP contribution in [0.4, 0.5) is 0 Å². The maximum atomic E-state index is 13.8. The van der Waals surface area contributed by atoms with E-state index in [4.69, 9.17) is 18.9 Å². The Morgan fingerprint density at radius 2 is 1.07 bits per heavy atom. The summed E-state index contributed by atoms with van der Waals surface area (Å²) in [6.07, 6.45) is -2.63. The number of hydrogen-bond donors (Lipinski definition) is 0. The molecule has 0 saturated carbocycles. The maximum Gasteiger partial charge on any atom is 0.326 e. The maximum absolute atomic E-state index is 13.8. The van der Waals surface area contributed by atoms with Gasteiger partial charge in [0.25, 0.3) is 23.6 Å². The second kappa shape index (κ2) is 19.8. The van der Waals surface area contributed by atoms with E-state index in [2.05, 4.69) is 5.10 Å². The molecule has 18 heteroatoms. The fraction of sp³-hybridized carbons (Fsp3) is 0.410. The smallest absolute Gasteiger partial charge is 0.326 e. The SMILES string of the molecule is CC1OC(=O)CN(C)C(=O)C(Cc2ccc(Cn3nccc3-c3ccccc3)cc2)OC(=O)CN(C)C(=O)C(C)OC(=O)CN(C)C(=O)COC(=O)CN(C)C1=O. The Bertz CT molecular complexity index is 1950. The van der Waals surface area contributed by atoms with Gasteiger partial charge in [0.15, 0.2) is 24.9 Å². The fourth-order valence-electron chi connectivity index (χ4n) is 5.69. The summed E-state index contributed by atoms with van der Waals surface area (Å²) in [7, 11) is 5.05. The molecule has 0 N–H and O–H groups in total. The number of nitrogens with zero attached hydrogens (tertiary/aromatic N) is 6. The number of amides is 4. The summed E-state index contributed by atoms with van der Waals surface area (Å²) in [5.74, 6) is -6.98. The Labute approximate surface area is 329 Å². The molecule has 1 fully saturated rings. The van der Waals surface area contributed by atoms with Gasteiger partial charge in [-0.05, 0) is 36.6 Å². The first-order valence-electron chi connectivity index (χ1n) is 17.9. The van der Waals surface area contributed by atoms with Crippen molar-refractivity contribution in [3.8, 4) is 11.3 Å². The van der Waals surface area contributed by atoms with Crippen LogP contribution in [0.25, 0.3) is 11.3 Å². The number of carbonyl (C=O) groups is 8. The lowest BCUT2D eigenvalue weighted by molar-refractivity contribution is -0.167. The van der Waals surface area contributed by atoms with Crippen LogP contribution in [0, 0.1) is 0 Å². The first-order chi connectivity index (χ1) is 27.0. The Morgan fingerprint density at radius 3 is 1.65 bits per heavy atom. The van der Waals surface area contributed by atoms with Gasteiger partial charge in [-0.1, -0.05) is 54.6 Å². The highest BCUT2D eigenvalue weighted by atomic mass is 16.6. The summed E-state index contributed by atoms with van der Waals surface area (Å²) in [5.41, 5.74) is 3.43. The molecule has 1 aliphatic heterocycles. The first kappa shape index (κ1) is 43.1. The van der Waals surface area contributed by atoms with Gasteiger partial charge in [-0.15, -0.1) is 0 Å². The average Bonchev–Trinajstić information content (AvgIpc) is 3.64. The molecule has 2 heterocycles. The molecule has 0 bridgehead atoms. The van der Waals surface area contributed by atoms with Gasteiger partial charge >= 0.3 is 23.9 Å². The van der Waals surface area contributed by atoms with E-state index in [9.17, 15) is 38.4 Å². The minimum atomic E-state index is -1.47. The van der Waals surface area contributed by atoms with Crippen molar-refractivity contribution in [2.45, 2.75) is 45.1 Å². The summed E-state index contributed by atoms with van der Waals surface area (Å²) in [5, 5.41) is 4.45. The van der Waals surface area contributed by atoms with E-state index in [-0.39, 0.29) is 6.42 Å². The largest absolute Gasteiger partial charge is 0.454 e. The zero-order valence-electron chi connectivity index (χ0n) is 32.6. The van der Waals surface area contributed by atoms with Crippen molar-refractivity contribution >= 4 is 47.5 Å². The Kier molecular flexibility index (Phi) is 15.0. The summed E-state index contributed by atoms with van der Waals surface area (Å²) in [6.45, 7) is -0.249. The van der Waals surface area contributed by atoms with Gasteiger partial charge in [-0.25, -0.2) is 0 Å². The van der Waals surface area contributed by atoms with Gasteiger partial charge in [0.2, 0.25) is 0 Å². The van der Waals surface area contributed by atoms with Gasteiger partial charge < -0.3 is 38.5 Å². The lowest BCUT2D eigenvalue weighted by Crippen LogP contribution is -2.46. The summed E-state index contributed by atoms with van der Waals surface area (Å²) >= 11 is 0. The van der Waals surface area contributed by atoms with Gasteiger partial charge in [0, 0.05) is 40.8 Å². The van der Waals surface area contributed by atoms with E-state index in [1.807, 2.05) is 53.2 Å². The second-order valence-corrected chi connectivity index (χ2v) is 13.5. The highest BCUT2D eigenvalue weighted by molar-refractivity contribution is 5.91. The molecule has 1 saturated heterocycles. The van der Waals surface area contributed by atoms with Crippen molar-refractivity contribution in [3.05, 3.63) is 78.0 Å². The zero-order valence-corrected chi connectivity index (χ0v) is 32.6. The fourth-order valence-corrected chi connectivity index (χ4v) is 5.69. The molecule has 1 aliphatic rings. The summed E-state index contributed by atoms with van der Waals surface area (Å²) in [4.78, 5) is 107. The number of cyclic esters (lactones) is 4. The zero-order chi connectivity index (χ0) is 41.8. The van der Waals surface area contributed by atoms with Gasteiger partial charge in [-0.2, -0.15) is 5.10 Å². The van der Waals surface area contributed by atoms with E-state index in [0.717, 1.165) is 36.4 Å². The van der Waals surface area contributed by atoms with Crippen molar-refractivity contribution in [2.24, 2.45) is 0 Å². The van der Waals surface area contributed by atoms with E-state index in [0.29, 0.717) is 12.1 Å². The Morgan fingerprint density at radius 1 is 0.579 bits per heavy atom. The first-order valence-corrected chi connectivity index (χ1v) is 17.9. The summed E-state index contributed by atoms with van der Waals surface area (Å²) < 4.78 is 22.8. The van der Waals surface area contributed by atoms with Crippen molar-refractivity contribution in [1.29, 1.82) is 0 Å². The molecule has 4 amide bonds. The van der Waals surface area contributed by atoms with Gasteiger partial charge in [0.05, 0.1) is 12.2 Å². The van der Waals surface area contributed by atoms with Crippen LogP contribution in [0.2, 0.25) is 0 Å². The number of hydrogen-bond acceptors (Lipinski definition) is 13.